The molecule has 2 rings (SSSR count). The van der Waals surface area contributed by atoms with Crippen molar-refractivity contribution in [3.63, 3.8) is 0 Å². The largest absolute Gasteiger partial charge is 0.156 e. The van der Waals surface area contributed by atoms with Crippen LogP contribution in [0, 0.1) is 0 Å². The maximum absolute atomic E-state index is 2.40. The topological polar surface area (TPSA) is 0 Å². The van der Waals surface area contributed by atoms with Gasteiger partial charge in [-0.25, -0.2) is 0 Å². The van der Waals surface area contributed by atoms with Crippen LogP contribution in [0.4, 0.5) is 0 Å². The van der Waals surface area contributed by atoms with E-state index < -0.39 is 0 Å². The predicted molar refractivity (Wildman–Crippen MR) is 86.9 cm³/mol. The predicted octanol–water partition coefficient (Wildman–Crippen LogP) is 4.98. The second-order valence-corrected chi connectivity index (χ2v) is 9.51. The first kappa shape index (κ1) is 14.3. The van der Waals surface area contributed by atoms with Crippen LogP contribution in [0.3, 0.4) is 0 Å². The lowest BCUT2D eigenvalue weighted by Gasteiger charge is -2.35. The van der Waals surface area contributed by atoms with Crippen molar-refractivity contribution in [2.75, 3.05) is 11.5 Å². The van der Waals surface area contributed by atoms with Crippen LogP contribution in [-0.2, 0) is 5.41 Å². The fourth-order valence-corrected chi connectivity index (χ4v) is 4.80. The molecular formula is C16H24S2. The van der Waals surface area contributed by atoms with Crippen molar-refractivity contribution in [3.05, 3.63) is 35.9 Å². The van der Waals surface area contributed by atoms with E-state index >= 15 is 0 Å². The molecule has 0 amide bonds. The highest BCUT2D eigenvalue weighted by Gasteiger charge is 2.32. The Morgan fingerprint density at radius 3 is 2.33 bits per heavy atom. The molecule has 1 aromatic carbocycles. The van der Waals surface area contributed by atoms with Crippen LogP contribution in [0.2, 0.25) is 0 Å². The Hall–Kier alpha value is -0.0800. The second kappa shape index (κ2) is 5.50. The molecule has 0 bridgehead atoms. The van der Waals surface area contributed by atoms with Crippen molar-refractivity contribution in [1.29, 1.82) is 0 Å². The number of thioether (sulfide) groups is 2. The molecule has 1 aliphatic rings. The molecule has 1 heterocycles. The summed E-state index contributed by atoms with van der Waals surface area (Å²) in [6.45, 7) is 9.54. The molecule has 0 spiro atoms. The average molecular weight is 281 g/mol. The first-order valence-corrected chi connectivity index (χ1v) is 8.74. The summed E-state index contributed by atoms with van der Waals surface area (Å²) < 4.78 is 0.364. The molecule has 0 aliphatic carbocycles. The van der Waals surface area contributed by atoms with Gasteiger partial charge in [-0.1, -0.05) is 58.0 Å². The van der Waals surface area contributed by atoms with Gasteiger partial charge in [0.15, 0.2) is 0 Å². The van der Waals surface area contributed by atoms with Gasteiger partial charge in [-0.15, -0.1) is 0 Å². The summed E-state index contributed by atoms with van der Waals surface area (Å²) in [6, 6.07) is 10.9. The SMILES string of the molecule is CC(C)(CC(C)(C)c1ccccc1)SCC1CS1. The first-order chi connectivity index (χ1) is 8.39. The summed E-state index contributed by atoms with van der Waals surface area (Å²) in [7, 11) is 0. The van der Waals surface area contributed by atoms with E-state index in [4.69, 9.17) is 0 Å². The maximum Gasteiger partial charge on any atom is 0.0229 e. The molecule has 0 nitrogen and oxygen atoms in total. The Morgan fingerprint density at radius 1 is 1.17 bits per heavy atom. The van der Waals surface area contributed by atoms with Crippen LogP contribution in [0.15, 0.2) is 30.3 Å². The lowest BCUT2D eigenvalue weighted by molar-refractivity contribution is 0.425. The molecular weight excluding hydrogens is 256 g/mol. The van der Waals surface area contributed by atoms with Gasteiger partial charge in [0.2, 0.25) is 0 Å². The molecule has 1 aliphatic heterocycles. The molecule has 0 N–H and O–H groups in total. The Balaban J connectivity index is 1.97. The van der Waals surface area contributed by atoms with Crippen LogP contribution in [0.1, 0.15) is 39.7 Å². The van der Waals surface area contributed by atoms with Gasteiger partial charge in [0.05, 0.1) is 0 Å². The summed E-state index contributed by atoms with van der Waals surface area (Å²) in [5.74, 6) is 2.70. The van der Waals surface area contributed by atoms with E-state index in [1.54, 1.807) is 0 Å². The minimum Gasteiger partial charge on any atom is -0.156 e. The fraction of sp³-hybridized carbons (Fsp3) is 0.625. The van der Waals surface area contributed by atoms with Crippen LogP contribution < -0.4 is 0 Å². The standard InChI is InChI=1S/C16H24S2/c1-15(2,13-8-6-5-7-9-13)12-16(3,4)18-11-14-10-17-14/h5-9,14H,10-12H2,1-4H3. The molecule has 1 fully saturated rings. The van der Waals surface area contributed by atoms with Gasteiger partial charge >= 0.3 is 0 Å². The summed E-state index contributed by atoms with van der Waals surface area (Å²) in [4.78, 5) is 0. The number of hydrogen-bond donors (Lipinski definition) is 0. The van der Waals surface area contributed by atoms with E-state index in [0.29, 0.717) is 4.75 Å². The van der Waals surface area contributed by atoms with E-state index in [1.165, 1.54) is 23.5 Å². The summed E-state index contributed by atoms with van der Waals surface area (Å²) >= 11 is 4.25. The molecule has 1 saturated heterocycles. The third-order valence-electron chi connectivity index (χ3n) is 3.49. The van der Waals surface area contributed by atoms with Gasteiger partial charge in [-0.2, -0.15) is 23.5 Å². The Labute approximate surface area is 120 Å². The maximum atomic E-state index is 2.40. The molecule has 0 aromatic heterocycles. The van der Waals surface area contributed by atoms with Gasteiger partial charge in [0.25, 0.3) is 0 Å². The number of benzene rings is 1. The van der Waals surface area contributed by atoms with Crippen LogP contribution in [0.5, 0.6) is 0 Å². The normalized spacial score (nSPS) is 19.9. The molecule has 0 radical (unpaired) electrons. The zero-order valence-electron chi connectivity index (χ0n) is 11.9. The highest BCUT2D eigenvalue weighted by atomic mass is 32.2. The molecule has 18 heavy (non-hydrogen) atoms. The summed E-state index contributed by atoms with van der Waals surface area (Å²) in [5.41, 5.74) is 1.72. The van der Waals surface area contributed by atoms with Crippen molar-refractivity contribution in [3.8, 4) is 0 Å². The second-order valence-electron chi connectivity index (χ2n) is 6.45. The van der Waals surface area contributed by atoms with Crippen molar-refractivity contribution in [2.45, 2.75) is 49.5 Å². The summed E-state index contributed by atoms with van der Waals surface area (Å²) in [5, 5.41) is 0.939. The Bertz CT molecular complexity index is 377. The first-order valence-electron chi connectivity index (χ1n) is 6.70. The van der Waals surface area contributed by atoms with E-state index in [-0.39, 0.29) is 5.41 Å². The Kier molecular flexibility index (Phi) is 4.38. The lowest BCUT2D eigenvalue weighted by atomic mass is 9.77. The van der Waals surface area contributed by atoms with Gasteiger partial charge in [-0.05, 0) is 17.4 Å². The number of rotatable bonds is 6. The van der Waals surface area contributed by atoms with Crippen LogP contribution in [-0.4, -0.2) is 21.5 Å². The van der Waals surface area contributed by atoms with Gasteiger partial charge in [0.1, 0.15) is 0 Å². The zero-order valence-corrected chi connectivity index (χ0v) is 13.5. The van der Waals surface area contributed by atoms with Gasteiger partial charge in [0, 0.05) is 21.5 Å². The van der Waals surface area contributed by atoms with E-state index in [1.807, 2.05) is 0 Å². The van der Waals surface area contributed by atoms with Crippen LogP contribution >= 0.6 is 23.5 Å². The zero-order chi connectivity index (χ0) is 13.2. The quantitative estimate of drug-likeness (QED) is 0.674. The van der Waals surface area contributed by atoms with E-state index in [0.717, 1.165) is 5.25 Å². The molecule has 1 aromatic rings. The molecule has 1 atom stereocenters. The van der Waals surface area contributed by atoms with E-state index in [2.05, 4.69) is 81.6 Å². The van der Waals surface area contributed by atoms with E-state index in [9.17, 15) is 0 Å². The monoisotopic (exact) mass is 280 g/mol. The highest BCUT2D eigenvalue weighted by Crippen LogP contribution is 2.42. The highest BCUT2D eigenvalue weighted by molar-refractivity contribution is 8.09. The number of hydrogen-bond acceptors (Lipinski definition) is 2. The van der Waals surface area contributed by atoms with Crippen molar-refractivity contribution in [2.24, 2.45) is 0 Å². The van der Waals surface area contributed by atoms with Gasteiger partial charge in [-0.3, -0.25) is 0 Å². The molecule has 0 saturated carbocycles. The third-order valence-corrected chi connectivity index (χ3v) is 6.16. The third kappa shape index (κ3) is 4.24. The van der Waals surface area contributed by atoms with Crippen molar-refractivity contribution in [1.82, 2.24) is 0 Å². The molecule has 2 heteroatoms. The van der Waals surface area contributed by atoms with Crippen molar-refractivity contribution >= 4 is 23.5 Å². The lowest BCUT2D eigenvalue weighted by Crippen LogP contribution is -2.29. The van der Waals surface area contributed by atoms with Crippen LogP contribution in [0.25, 0.3) is 0 Å². The van der Waals surface area contributed by atoms with Crippen molar-refractivity contribution < 1.29 is 0 Å². The smallest absolute Gasteiger partial charge is 0.0229 e. The molecule has 100 valence electrons. The molecule has 1 unspecified atom stereocenters. The minimum atomic E-state index is 0.258. The summed E-state index contributed by atoms with van der Waals surface area (Å²) in [6.07, 6.45) is 1.23. The minimum absolute atomic E-state index is 0.258. The van der Waals surface area contributed by atoms with Gasteiger partial charge < -0.3 is 0 Å². The fourth-order valence-electron chi connectivity index (χ4n) is 2.59. The average Bonchev–Trinajstić information content (AvgIpc) is 3.10. The Morgan fingerprint density at radius 2 is 1.78 bits per heavy atom.